The molecular formula is C19H22N2O4. The molecule has 25 heavy (non-hydrogen) atoms. The van der Waals surface area contributed by atoms with Gasteiger partial charge in [-0.1, -0.05) is 6.07 Å². The van der Waals surface area contributed by atoms with E-state index in [-0.39, 0.29) is 18.4 Å². The van der Waals surface area contributed by atoms with Crippen LogP contribution in [-0.4, -0.2) is 32.1 Å². The molecule has 6 nitrogen and oxygen atoms in total. The lowest BCUT2D eigenvalue weighted by molar-refractivity contribution is -0.114. The highest BCUT2D eigenvalue weighted by Crippen LogP contribution is 2.25. The molecular weight excluding hydrogens is 320 g/mol. The molecule has 2 N–H and O–H groups in total. The summed E-state index contributed by atoms with van der Waals surface area (Å²) in [5.74, 6) is 0.0504. The Kier molecular flexibility index (Phi) is 6.39. The van der Waals surface area contributed by atoms with Gasteiger partial charge in [-0.3, -0.25) is 4.79 Å². The fourth-order valence-electron chi connectivity index (χ4n) is 2.23. The van der Waals surface area contributed by atoms with Crippen LogP contribution in [0, 0.1) is 6.92 Å². The predicted molar refractivity (Wildman–Crippen MR) is 97.2 cm³/mol. The van der Waals surface area contributed by atoms with Crippen molar-refractivity contribution in [3.63, 3.8) is 0 Å². The van der Waals surface area contributed by atoms with Gasteiger partial charge < -0.3 is 20.1 Å². The molecule has 0 aliphatic rings. The second-order valence-corrected chi connectivity index (χ2v) is 5.40. The summed E-state index contributed by atoms with van der Waals surface area (Å²) in [6, 6.07) is 12.3. The van der Waals surface area contributed by atoms with Crippen LogP contribution in [0.5, 0.6) is 5.75 Å². The van der Waals surface area contributed by atoms with Gasteiger partial charge in [0.25, 0.3) is 0 Å². The number of esters is 1. The summed E-state index contributed by atoms with van der Waals surface area (Å²) in [7, 11) is 1.56. The molecule has 1 amide bonds. The zero-order valence-electron chi connectivity index (χ0n) is 14.6. The molecule has 132 valence electrons. The topological polar surface area (TPSA) is 76.7 Å². The van der Waals surface area contributed by atoms with Gasteiger partial charge in [-0.25, -0.2) is 4.79 Å². The van der Waals surface area contributed by atoms with E-state index in [2.05, 4.69) is 10.6 Å². The van der Waals surface area contributed by atoms with E-state index >= 15 is 0 Å². The van der Waals surface area contributed by atoms with E-state index in [1.807, 2.05) is 25.1 Å². The van der Waals surface area contributed by atoms with Crippen molar-refractivity contribution >= 4 is 23.3 Å². The average Bonchev–Trinajstić information content (AvgIpc) is 2.61. The summed E-state index contributed by atoms with van der Waals surface area (Å²) in [6.07, 6.45) is 0. The van der Waals surface area contributed by atoms with Crippen LogP contribution in [0.4, 0.5) is 11.4 Å². The van der Waals surface area contributed by atoms with Crippen molar-refractivity contribution in [2.45, 2.75) is 13.8 Å². The van der Waals surface area contributed by atoms with Gasteiger partial charge in [0.2, 0.25) is 5.91 Å². The molecule has 0 aromatic heterocycles. The number of methoxy groups -OCH3 is 1. The molecule has 0 bridgehead atoms. The quantitative estimate of drug-likeness (QED) is 0.756. The molecule has 0 aliphatic heterocycles. The molecule has 0 atom stereocenters. The maximum Gasteiger partial charge on any atom is 0.338 e. The van der Waals surface area contributed by atoms with Crippen molar-refractivity contribution in [3.05, 3.63) is 53.6 Å². The van der Waals surface area contributed by atoms with E-state index in [0.29, 0.717) is 23.6 Å². The SMILES string of the molecule is CCOC(=O)c1ccc(NCC(=O)Nc2cc(C)ccc2OC)cc1. The third kappa shape index (κ3) is 5.24. The highest BCUT2D eigenvalue weighted by molar-refractivity contribution is 5.95. The van der Waals surface area contributed by atoms with Gasteiger partial charge in [0, 0.05) is 5.69 Å². The zero-order chi connectivity index (χ0) is 18.2. The smallest absolute Gasteiger partial charge is 0.338 e. The van der Waals surface area contributed by atoms with E-state index in [4.69, 9.17) is 9.47 Å². The second kappa shape index (κ2) is 8.73. The number of anilines is 2. The van der Waals surface area contributed by atoms with Gasteiger partial charge in [-0.15, -0.1) is 0 Å². The standard InChI is InChI=1S/C19H22N2O4/c1-4-25-19(23)14-6-8-15(9-7-14)20-12-18(22)21-16-11-13(2)5-10-17(16)24-3/h5-11,20H,4,12H2,1-3H3,(H,21,22). The summed E-state index contributed by atoms with van der Waals surface area (Å²) in [4.78, 5) is 23.7. The molecule has 2 aromatic carbocycles. The molecule has 0 fully saturated rings. The minimum atomic E-state index is -0.363. The van der Waals surface area contributed by atoms with E-state index < -0.39 is 0 Å². The van der Waals surface area contributed by atoms with Gasteiger partial charge in [-0.2, -0.15) is 0 Å². The van der Waals surface area contributed by atoms with E-state index in [9.17, 15) is 9.59 Å². The van der Waals surface area contributed by atoms with Crippen LogP contribution < -0.4 is 15.4 Å². The first kappa shape index (κ1) is 18.3. The van der Waals surface area contributed by atoms with Crippen molar-refractivity contribution in [1.29, 1.82) is 0 Å². The number of benzene rings is 2. The number of amides is 1. The van der Waals surface area contributed by atoms with Gasteiger partial charge in [0.05, 0.1) is 31.5 Å². The average molecular weight is 342 g/mol. The van der Waals surface area contributed by atoms with Crippen molar-refractivity contribution in [1.82, 2.24) is 0 Å². The number of ether oxygens (including phenoxy) is 2. The van der Waals surface area contributed by atoms with Gasteiger partial charge >= 0.3 is 5.97 Å². The zero-order valence-corrected chi connectivity index (χ0v) is 14.6. The fraction of sp³-hybridized carbons (Fsp3) is 0.263. The lowest BCUT2D eigenvalue weighted by atomic mass is 10.2. The highest BCUT2D eigenvalue weighted by atomic mass is 16.5. The van der Waals surface area contributed by atoms with Crippen molar-refractivity contribution in [2.24, 2.45) is 0 Å². The number of hydrogen-bond acceptors (Lipinski definition) is 5. The van der Waals surface area contributed by atoms with Crippen LogP contribution in [0.15, 0.2) is 42.5 Å². The minimum absolute atomic E-state index is 0.0931. The summed E-state index contributed by atoms with van der Waals surface area (Å²) >= 11 is 0. The van der Waals surface area contributed by atoms with Crippen LogP contribution in [0.3, 0.4) is 0 Å². The summed E-state index contributed by atoms with van der Waals surface area (Å²) in [6.45, 7) is 4.13. The first-order valence-electron chi connectivity index (χ1n) is 7.99. The number of carbonyl (C=O) groups excluding carboxylic acids is 2. The Morgan fingerprint density at radius 1 is 1.08 bits per heavy atom. The molecule has 0 saturated heterocycles. The second-order valence-electron chi connectivity index (χ2n) is 5.40. The minimum Gasteiger partial charge on any atom is -0.495 e. The van der Waals surface area contributed by atoms with Crippen molar-refractivity contribution in [2.75, 3.05) is 30.9 Å². The number of carbonyl (C=O) groups is 2. The third-order valence-corrected chi connectivity index (χ3v) is 3.48. The monoisotopic (exact) mass is 342 g/mol. The Hall–Kier alpha value is -3.02. The summed E-state index contributed by atoms with van der Waals surface area (Å²) in [5.41, 5.74) is 2.87. The van der Waals surface area contributed by atoms with Crippen LogP contribution in [-0.2, 0) is 9.53 Å². The Labute approximate surface area is 147 Å². The first-order chi connectivity index (χ1) is 12.0. The maximum atomic E-state index is 12.1. The molecule has 6 heteroatoms. The van der Waals surface area contributed by atoms with Crippen molar-refractivity contribution < 1.29 is 19.1 Å². The van der Waals surface area contributed by atoms with Gasteiger partial charge in [0.1, 0.15) is 5.75 Å². The highest BCUT2D eigenvalue weighted by Gasteiger charge is 2.09. The Bertz CT molecular complexity index is 742. The largest absolute Gasteiger partial charge is 0.495 e. The van der Waals surface area contributed by atoms with Crippen LogP contribution >= 0.6 is 0 Å². The summed E-state index contributed by atoms with van der Waals surface area (Å²) < 4.78 is 10.2. The third-order valence-electron chi connectivity index (χ3n) is 3.48. The molecule has 0 unspecified atom stereocenters. The lowest BCUT2D eigenvalue weighted by Crippen LogP contribution is -2.22. The molecule has 2 rings (SSSR count). The predicted octanol–water partition coefficient (Wildman–Crippen LogP) is 3.23. The van der Waals surface area contributed by atoms with Crippen molar-refractivity contribution in [3.8, 4) is 5.75 Å². The maximum absolute atomic E-state index is 12.1. The number of nitrogens with one attached hydrogen (secondary N) is 2. The van der Waals surface area contributed by atoms with Crippen LogP contribution in [0.1, 0.15) is 22.8 Å². The van der Waals surface area contributed by atoms with E-state index in [0.717, 1.165) is 11.3 Å². The van der Waals surface area contributed by atoms with E-state index in [1.165, 1.54) is 0 Å². The fourth-order valence-corrected chi connectivity index (χ4v) is 2.23. The summed E-state index contributed by atoms with van der Waals surface area (Å²) in [5, 5.41) is 5.83. The molecule has 0 spiro atoms. The Morgan fingerprint density at radius 2 is 1.80 bits per heavy atom. The lowest BCUT2D eigenvalue weighted by Gasteiger charge is -2.12. The van der Waals surface area contributed by atoms with Crippen LogP contribution in [0.2, 0.25) is 0 Å². The molecule has 0 heterocycles. The molecule has 0 radical (unpaired) electrons. The normalized spacial score (nSPS) is 10.0. The Balaban J connectivity index is 1.92. The Morgan fingerprint density at radius 3 is 2.44 bits per heavy atom. The van der Waals surface area contributed by atoms with Crippen LogP contribution in [0.25, 0.3) is 0 Å². The number of hydrogen-bond donors (Lipinski definition) is 2. The first-order valence-corrected chi connectivity index (χ1v) is 7.99. The van der Waals surface area contributed by atoms with E-state index in [1.54, 1.807) is 38.3 Å². The number of rotatable bonds is 7. The van der Waals surface area contributed by atoms with Gasteiger partial charge in [-0.05, 0) is 55.8 Å². The molecule has 2 aromatic rings. The van der Waals surface area contributed by atoms with Gasteiger partial charge in [0.15, 0.2) is 0 Å². The molecule has 0 saturated carbocycles. The number of aryl methyl sites for hydroxylation is 1. The molecule has 0 aliphatic carbocycles.